The number of aryl methyl sites for hydroxylation is 2. The summed E-state index contributed by atoms with van der Waals surface area (Å²) in [7, 11) is 0. The summed E-state index contributed by atoms with van der Waals surface area (Å²) >= 11 is 0. The molecule has 24 heavy (non-hydrogen) atoms. The minimum absolute atomic E-state index is 0.0519. The number of hydrogen-bond donors (Lipinski definition) is 2. The molecule has 1 aliphatic heterocycles. The monoisotopic (exact) mass is 320 g/mol. The molecule has 3 N–H and O–H groups in total. The number of aromatic nitrogens is 1. The van der Waals surface area contributed by atoms with Crippen LogP contribution in [0.1, 0.15) is 34.0 Å². The van der Waals surface area contributed by atoms with Gasteiger partial charge in [-0.15, -0.1) is 0 Å². The van der Waals surface area contributed by atoms with Gasteiger partial charge in [0.2, 0.25) is 0 Å². The molecule has 0 fully saturated rings. The highest BCUT2D eigenvalue weighted by Crippen LogP contribution is 2.33. The number of aliphatic carboxylic acids is 1. The average molecular weight is 320 g/mol. The fourth-order valence-electron chi connectivity index (χ4n) is 3.84. The number of carboxylic acids is 1. The smallest absolute Gasteiger partial charge is 0.153 e. The van der Waals surface area contributed by atoms with Crippen molar-refractivity contribution in [1.29, 1.82) is 0 Å². The Balaban J connectivity index is 1.94. The number of aromatic amines is 1. The van der Waals surface area contributed by atoms with Crippen LogP contribution in [0, 0.1) is 13.8 Å². The lowest BCUT2D eigenvalue weighted by atomic mass is 9.88. The second-order valence-corrected chi connectivity index (χ2v) is 6.72. The first-order valence-corrected chi connectivity index (χ1v) is 8.27. The maximum absolute atomic E-state index is 11.6. The van der Waals surface area contributed by atoms with Crippen LogP contribution >= 0.6 is 0 Å². The van der Waals surface area contributed by atoms with E-state index in [0.29, 0.717) is 6.42 Å². The number of carbonyl (C=O) groups is 1. The molecule has 0 spiro atoms. The molecule has 122 valence electrons. The SMILES string of the molecule is Cc1ccc(C)c([C@H]2[NH2+][C@H](C(=O)[O-])Cc3c2[nH]c2ccccc32)c1. The number of benzene rings is 2. The van der Waals surface area contributed by atoms with E-state index in [1.165, 1.54) is 11.1 Å². The minimum atomic E-state index is -0.999. The molecule has 0 aliphatic carbocycles. The summed E-state index contributed by atoms with van der Waals surface area (Å²) in [5.41, 5.74) is 6.79. The van der Waals surface area contributed by atoms with E-state index < -0.39 is 12.0 Å². The zero-order valence-corrected chi connectivity index (χ0v) is 13.8. The lowest BCUT2D eigenvalue weighted by Gasteiger charge is -2.29. The first-order chi connectivity index (χ1) is 11.5. The number of H-pyrrole nitrogens is 1. The molecule has 0 bridgehead atoms. The van der Waals surface area contributed by atoms with E-state index in [-0.39, 0.29) is 6.04 Å². The number of quaternary nitrogens is 1. The quantitative estimate of drug-likeness (QED) is 0.742. The Hall–Kier alpha value is -2.59. The Morgan fingerprint density at radius 2 is 2.00 bits per heavy atom. The van der Waals surface area contributed by atoms with E-state index in [1.54, 1.807) is 0 Å². The van der Waals surface area contributed by atoms with Gasteiger partial charge in [-0.05, 0) is 37.1 Å². The number of fused-ring (bicyclic) bond motifs is 3. The van der Waals surface area contributed by atoms with Gasteiger partial charge < -0.3 is 20.2 Å². The summed E-state index contributed by atoms with van der Waals surface area (Å²) in [6.07, 6.45) is 0.489. The Bertz CT molecular complexity index is 942. The van der Waals surface area contributed by atoms with Gasteiger partial charge in [0.25, 0.3) is 0 Å². The Morgan fingerprint density at radius 1 is 1.21 bits per heavy atom. The summed E-state index contributed by atoms with van der Waals surface area (Å²) in [5.74, 6) is -0.999. The van der Waals surface area contributed by atoms with Crippen molar-refractivity contribution in [2.45, 2.75) is 32.4 Å². The molecule has 0 amide bonds. The maximum Gasteiger partial charge on any atom is 0.153 e. The molecule has 4 rings (SSSR count). The van der Waals surface area contributed by atoms with Crippen molar-refractivity contribution in [2.24, 2.45) is 0 Å². The van der Waals surface area contributed by atoms with Gasteiger partial charge in [0.15, 0.2) is 6.04 Å². The summed E-state index contributed by atoms with van der Waals surface area (Å²) in [6.45, 7) is 4.14. The fraction of sp³-hybridized carbons (Fsp3) is 0.250. The maximum atomic E-state index is 11.6. The highest BCUT2D eigenvalue weighted by Gasteiger charge is 2.35. The van der Waals surface area contributed by atoms with Gasteiger partial charge in [0.1, 0.15) is 6.04 Å². The highest BCUT2D eigenvalue weighted by atomic mass is 16.4. The van der Waals surface area contributed by atoms with Gasteiger partial charge in [0, 0.05) is 22.9 Å². The molecule has 0 saturated heterocycles. The molecule has 0 radical (unpaired) electrons. The molecular weight excluding hydrogens is 300 g/mol. The average Bonchev–Trinajstić information content (AvgIpc) is 2.95. The fourth-order valence-corrected chi connectivity index (χ4v) is 3.84. The zero-order valence-electron chi connectivity index (χ0n) is 13.8. The Morgan fingerprint density at radius 3 is 2.79 bits per heavy atom. The zero-order chi connectivity index (χ0) is 16.8. The Kier molecular flexibility index (Phi) is 3.43. The van der Waals surface area contributed by atoms with Gasteiger partial charge in [-0.3, -0.25) is 0 Å². The predicted octanol–water partition coefficient (Wildman–Crippen LogP) is 1.11. The number of carbonyl (C=O) groups excluding carboxylic acids is 1. The van der Waals surface area contributed by atoms with Crippen LogP contribution in [-0.2, 0) is 11.2 Å². The lowest BCUT2D eigenvalue weighted by molar-refractivity contribution is -0.717. The van der Waals surface area contributed by atoms with E-state index in [4.69, 9.17) is 0 Å². The van der Waals surface area contributed by atoms with Crippen molar-refractivity contribution in [2.75, 3.05) is 0 Å². The second kappa shape index (κ2) is 5.49. The van der Waals surface area contributed by atoms with Gasteiger partial charge in [-0.1, -0.05) is 35.9 Å². The van der Waals surface area contributed by atoms with Crippen LogP contribution < -0.4 is 10.4 Å². The van der Waals surface area contributed by atoms with E-state index in [0.717, 1.165) is 27.7 Å². The molecule has 0 unspecified atom stereocenters. The van der Waals surface area contributed by atoms with Crippen LogP contribution in [0.15, 0.2) is 42.5 Å². The van der Waals surface area contributed by atoms with Crippen LogP contribution in [0.5, 0.6) is 0 Å². The molecular formula is C20H20N2O2. The van der Waals surface area contributed by atoms with Crippen molar-refractivity contribution in [3.63, 3.8) is 0 Å². The number of para-hydroxylation sites is 1. The molecule has 0 saturated carbocycles. The van der Waals surface area contributed by atoms with Crippen molar-refractivity contribution in [1.82, 2.24) is 4.98 Å². The van der Waals surface area contributed by atoms with Crippen molar-refractivity contribution >= 4 is 16.9 Å². The summed E-state index contributed by atoms with van der Waals surface area (Å²) in [5, 5.41) is 14.6. The summed E-state index contributed by atoms with van der Waals surface area (Å²) in [4.78, 5) is 15.1. The van der Waals surface area contributed by atoms with Gasteiger partial charge in [-0.25, -0.2) is 0 Å². The number of nitrogens with two attached hydrogens (primary N) is 1. The molecule has 2 heterocycles. The van der Waals surface area contributed by atoms with E-state index >= 15 is 0 Å². The number of hydrogen-bond acceptors (Lipinski definition) is 2. The highest BCUT2D eigenvalue weighted by molar-refractivity contribution is 5.86. The third-order valence-electron chi connectivity index (χ3n) is 5.08. The third-order valence-corrected chi connectivity index (χ3v) is 5.08. The van der Waals surface area contributed by atoms with Crippen molar-refractivity contribution in [3.05, 3.63) is 70.4 Å². The third kappa shape index (κ3) is 2.31. The van der Waals surface area contributed by atoms with Gasteiger partial charge >= 0.3 is 0 Å². The van der Waals surface area contributed by atoms with Gasteiger partial charge in [0.05, 0.1) is 11.7 Å². The standard InChI is InChI=1S/C20H20N2O2/c1-11-7-8-12(2)14(9-11)18-19-15(10-17(22-18)20(23)24)13-5-3-4-6-16(13)21-19/h3-9,17-18,21-22H,10H2,1-2H3,(H,23,24)/t17-,18+/m0/s1. The molecule has 4 nitrogen and oxygen atoms in total. The molecule has 1 aliphatic rings. The van der Waals surface area contributed by atoms with Gasteiger partial charge in [-0.2, -0.15) is 0 Å². The van der Waals surface area contributed by atoms with Crippen LogP contribution in [-0.4, -0.2) is 17.0 Å². The molecule has 3 aromatic rings. The van der Waals surface area contributed by atoms with E-state index in [2.05, 4.69) is 43.1 Å². The number of rotatable bonds is 2. The van der Waals surface area contributed by atoms with E-state index in [9.17, 15) is 9.90 Å². The Labute approximate surface area is 140 Å². The molecule has 1 aromatic heterocycles. The summed E-state index contributed by atoms with van der Waals surface area (Å²) in [6, 6.07) is 13.8. The molecule has 2 atom stereocenters. The number of carboxylic acid groups (broad SMARTS) is 1. The minimum Gasteiger partial charge on any atom is -0.544 e. The molecule has 4 heteroatoms. The summed E-state index contributed by atoms with van der Waals surface area (Å²) < 4.78 is 0. The largest absolute Gasteiger partial charge is 0.544 e. The van der Waals surface area contributed by atoms with Crippen molar-refractivity contribution in [3.8, 4) is 0 Å². The normalized spacial score (nSPS) is 20.1. The van der Waals surface area contributed by atoms with Crippen LogP contribution in [0.25, 0.3) is 10.9 Å². The first-order valence-electron chi connectivity index (χ1n) is 8.27. The predicted molar refractivity (Wildman–Crippen MR) is 90.5 cm³/mol. The number of nitrogens with one attached hydrogen (secondary N) is 1. The second-order valence-electron chi connectivity index (χ2n) is 6.72. The van der Waals surface area contributed by atoms with Crippen LogP contribution in [0.3, 0.4) is 0 Å². The van der Waals surface area contributed by atoms with Crippen LogP contribution in [0.4, 0.5) is 0 Å². The lowest BCUT2D eigenvalue weighted by Crippen LogP contribution is -2.95. The molecule has 2 aromatic carbocycles. The topological polar surface area (TPSA) is 72.5 Å². The van der Waals surface area contributed by atoms with Crippen LogP contribution in [0.2, 0.25) is 0 Å². The van der Waals surface area contributed by atoms with Crippen molar-refractivity contribution < 1.29 is 15.2 Å². The van der Waals surface area contributed by atoms with E-state index in [1.807, 2.05) is 23.5 Å². The first kappa shape index (κ1) is 15.0.